The molecule has 1 fully saturated rings. The summed E-state index contributed by atoms with van der Waals surface area (Å²) < 4.78 is 0. The Morgan fingerprint density at radius 1 is 1.28 bits per heavy atom. The van der Waals surface area contributed by atoms with Gasteiger partial charge in [0.25, 0.3) is 0 Å². The summed E-state index contributed by atoms with van der Waals surface area (Å²) in [6.45, 7) is 0.281. The van der Waals surface area contributed by atoms with E-state index in [1.807, 2.05) is 0 Å². The molecule has 3 atom stereocenters. The van der Waals surface area contributed by atoms with Crippen molar-refractivity contribution in [3.63, 3.8) is 0 Å². The lowest BCUT2D eigenvalue weighted by Crippen LogP contribution is -2.48. The van der Waals surface area contributed by atoms with E-state index in [9.17, 15) is 5.11 Å². The summed E-state index contributed by atoms with van der Waals surface area (Å²) in [5.41, 5.74) is 2.88. The number of hydrogen-bond donors (Lipinski definition) is 1. The first-order valence-electron chi connectivity index (χ1n) is 7.07. The van der Waals surface area contributed by atoms with Crippen LogP contribution in [0, 0.1) is 0 Å². The Morgan fingerprint density at radius 2 is 2.06 bits per heavy atom. The molecule has 2 nitrogen and oxygen atoms in total. The quantitative estimate of drug-likeness (QED) is 0.865. The van der Waals surface area contributed by atoms with Crippen molar-refractivity contribution in [2.24, 2.45) is 0 Å². The minimum absolute atomic E-state index is 0.0265. The molecule has 0 aromatic heterocycles. The molecule has 1 aromatic rings. The summed E-state index contributed by atoms with van der Waals surface area (Å²) in [5, 5.41) is 10.1. The normalized spacial score (nSPS) is 34.4. The summed E-state index contributed by atoms with van der Waals surface area (Å²) in [6.07, 6.45) is 4.93. The number of nitrogens with zero attached hydrogens (tertiary/aromatic N) is 1. The van der Waals surface area contributed by atoms with Crippen LogP contribution in [0.4, 0.5) is 0 Å². The van der Waals surface area contributed by atoms with Crippen molar-refractivity contribution >= 4 is 0 Å². The molecule has 2 heteroatoms. The molecule has 3 rings (SSSR count). The van der Waals surface area contributed by atoms with E-state index in [1.165, 1.54) is 30.4 Å². The second kappa shape index (κ2) is 4.36. The molecule has 2 aliphatic rings. The van der Waals surface area contributed by atoms with E-state index in [1.54, 1.807) is 0 Å². The Kier molecular flexibility index (Phi) is 2.95. The Hall–Kier alpha value is -0.860. The lowest BCUT2D eigenvalue weighted by molar-refractivity contribution is 0.0966. The van der Waals surface area contributed by atoms with Crippen LogP contribution in [0.15, 0.2) is 24.3 Å². The fraction of sp³-hybridized carbons (Fsp3) is 0.625. The van der Waals surface area contributed by atoms with E-state index in [0.29, 0.717) is 12.0 Å². The second-order valence-corrected chi connectivity index (χ2v) is 6.16. The van der Waals surface area contributed by atoms with Gasteiger partial charge in [0.1, 0.15) is 0 Å². The third-order valence-corrected chi connectivity index (χ3v) is 5.07. The highest BCUT2D eigenvalue weighted by Crippen LogP contribution is 2.54. The van der Waals surface area contributed by atoms with Gasteiger partial charge in [-0.15, -0.1) is 0 Å². The molecule has 3 unspecified atom stereocenters. The maximum absolute atomic E-state index is 10.1. The lowest BCUT2D eigenvalue weighted by Gasteiger charge is -2.39. The first-order chi connectivity index (χ1) is 8.70. The summed E-state index contributed by atoms with van der Waals surface area (Å²) in [6, 6.07) is 9.25. The predicted molar refractivity (Wildman–Crippen MR) is 73.9 cm³/mol. The van der Waals surface area contributed by atoms with E-state index in [2.05, 4.69) is 43.3 Å². The first kappa shape index (κ1) is 12.2. The lowest BCUT2D eigenvalue weighted by atomic mass is 9.75. The average molecular weight is 245 g/mol. The number of hydrogen-bond acceptors (Lipinski definition) is 2. The van der Waals surface area contributed by atoms with Gasteiger partial charge in [0.05, 0.1) is 6.61 Å². The van der Waals surface area contributed by atoms with E-state index >= 15 is 0 Å². The zero-order valence-corrected chi connectivity index (χ0v) is 11.4. The number of aliphatic hydroxyl groups is 1. The van der Waals surface area contributed by atoms with Gasteiger partial charge >= 0.3 is 0 Å². The van der Waals surface area contributed by atoms with Gasteiger partial charge in [-0.05, 0) is 38.1 Å². The van der Waals surface area contributed by atoms with Crippen LogP contribution in [0.2, 0.25) is 0 Å². The van der Waals surface area contributed by atoms with Crippen molar-refractivity contribution in [3.8, 4) is 0 Å². The molecule has 1 N–H and O–H groups in total. The Labute approximate surface area is 110 Å². The van der Waals surface area contributed by atoms with Gasteiger partial charge in [0.15, 0.2) is 0 Å². The van der Waals surface area contributed by atoms with Crippen LogP contribution in [-0.2, 0) is 5.41 Å². The Morgan fingerprint density at radius 3 is 2.78 bits per heavy atom. The maximum Gasteiger partial charge on any atom is 0.0543 e. The minimum atomic E-state index is -0.0265. The third-order valence-electron chi connectivity index (χ3n) is 5.07. The van der Waals surface area contributed by atoms with Crippen molar-refractivity contribution in [1.82, 2.24) is 4.90 Å². The van der Waals surface area contributed by atoms with Gasteiger partial charge in [-0.3, -0.25) is 0 Å². The van der Waals surface area contributed by atoms with Crippen molar-refractivity contribution in [3.05, 3.63) is 35.4 Å². The van der Waals surface area contributed by atoms with Gasteiger partial charge in [0, 0.05) is 17.4 Å². The number of fused-ring (bicyclic) bond motifs is 5. The molecule has 0 aliphatic heterocycles. The molecular weight excluding hydrogens is 222 g/mol. The minimum Gasteiger partial charge on any atom is -0.395 e. The molecule has 18 heavy (non-hydrogen) atoms. The number of benzene rings is 1. The second-order valence-electron chi connectivity index (χ2n) is 6.16. The van der Waals surface area contributed by atoms with Gasteiger partial charge in [-0.2, -0.15) is 0 Å². The predicted octanol–water partition coefficient (Wildman–Crippen LogP) is 2.52. The summed E-state index contributed by atoms with van der Waals surface area (Å²) in [7, 11) is 4.33. The fourth-order valence-corrected chi connectivity index (χ4v) is 4.50. The van der Waals surface area contributed by atoms with Crippen LogP contribution >= 0.6 is 0 Å². The molecule has 0 saturated heterocycles. The standard InChI is InChI=1S/C16H23NO/c1-17(2)15-13-8-5-6-10-16(15,11-18)14-9-4-3-7-12(13)14/h3-4,7,9,13,15,18H,5-6,8,10-11H2,1-2H3. The molecule has 1 saturated carbocycles. The highest BCUT2D eigenvalue weighted by Gasteiger charge is 2.53. The Balaban J connectivity index is 2.20. The first-order valence-corrected chi connectivity index (χ1v) is 7.07. The van der Waals surface area contributed by atoms with Crippen molar-refractivity contribution in [2.45, 2.75) is 43.1 Å². The third kappa shape index (κ3) is 1.49. The van der Waals surface area contributed by atoms with Gasteiger partial charge in [-0.25, -0.2) is 0 Å². The monoisotopic (exact) mass is 245 g/mol. The summed E-state index contributed by atoms with van der Waals surface area (Å²) >= 11 is 0. The molecule has 2 aliphatic carbocycles. The van der Waals surface area contributed by atoms with E-state index in [-0.39, 0.29) is 12.0 Å². The van der Waals surface area contributed by atoms with E-state index in [4.69, 9.17) is 0 Å². The van der Waals surface area contributed by atoms with Crippen LogP contribution in [0.5, 0.6) is 0 Å². The number of likely N-dealkylation sites (N-methyl/N-ethyl adjacent to an activating group) is 1. The van der Waals surface area contributed by atoms with Crippen LogP contribution in [-0.4, -0.2) is 36.8 Å². The van der Waals surface area contributed by atoms with Crippen LogP contribution in [0.1, 0.15) is 42.7 Å². The SMILES string of the molecule is CN(C)C1C2CCCCC1(CO)c1ccccc12. The summed E-state index contributed by atoms with van der Waals surface area (Å²) in [5.74, 6) is 0.603. The van der Waals surface area contributed by atoms with Crippen molar-refractivity contribution in [2.75, 3.05) is 20.7 Å². The van der Waals surface area contributed by atoms with Gasteiger partial charge in [0.2, 0.25) is 0 Å². The maximum atomic E-state index is 10.1. The molecule has 0 heterocycles. The topological polar surface area (TPSA) is 23.5 Å². The van der Waals surface area contributed by atoms with Crippen molar-refractivity contribution in [1.29, 1.82) is 0 Å². The van der Waals surface area contributed by atoms with Crippen LogP contribution < -0.4 is 0 Å². The molecule has 0 radical (unpaired) electrons. The number of aliphatic hydroxyl groups excluding tert-OH is 1. The highest BCUT2D eigenvalue weighted by atomic mass is 16.3. The molecule has 1 aromatic carbocycles. The summed E-state index contributed by atoms with van der Waals surface area (Å²) in [4.78, 5) is 2.34. The molecule has 0 spiro atoms. The Bertz CT molecular complexity index is 442. The zero-order chi connectivity index (χ0) is 12.8. The zero-order valence-electron chi connectivity index (χ0n) is 11.4. The molecule has 0 amide bonds. The van der Waals surface area contributed by atoms with E-state index in [0.717, 1.165) is 6.42 Å². The van der Waals surface area contributed by atoms with Crippen molar-refractivity contribution < 1.29 is 5.11 Å². The molecule has 98 valence electrons. The van der Waals surface area contributed by atoms with Crippen LogP contribution in [0.3, 0.4) is 0 Å². The molecular formula is C16H23NO. The van der Waals surface area contributed by atoms with Gasteiger partial charge < -0.3 is 10.0 Å². The van der Waals surface area contributed by atoms with Crippen LogP contribution in [0.25, 0.3) is 0 Å². The van der Waals surface area contributed by atoms with E-state index < -0.39 is 0 Å². The molecule has 2 bridgehead atoms. The van der Waals surface area contributed by atoms with Gasteiger partial charge in [-0.1, -0.05) is 37.1 Å². The average Bonchev–Trinajstić information content (AvgIpc) is 2.52. The largest absolute Gasteiger partial charge is 0.395 e. The highest BCUT2D eigenvalue weighted by molar-refractivity contribution is 5.46. The smallest absolute Gasteiger partial charge is 0.0543 e. The number of rotatable bonds is 2. The fourth-order valence-electron chi connectivity index (χ4n) is 4.50.